The molecule has 2 rings (SSSR count). The van der Waals surface area contributed by atoms with Gasteiger partial charge in [0.05, 0.1) is 0 Å². The van der Waals surface area contributed by atoms with Gasteiger partial charge in [-0.2, -0.15) is 0 Å². The van der Waals surface area contributed by atoms with Gasteiger partial charge in [0.25, 0.3) is 0 Å². The molecule has 0 aliphatic heterocycles. The molecule has 2 aromatic carbocycles. The Hall–Kier alpha value is -1.51. The lowest BCUT2D eigenvalue weighted by Crippen LogP contribution is -2.27. The zero-order valence-corrected chi connectivity index (χ0v) is 12.6. The molecule has 0 unspecified atom stereocenters. The minimum Gasteiger partial charge on any atom is -0.384 e. The minimum atomic E-state index is 0.771. The van der Waals surface area contributed by atoms with Crippen LogP contribution in [0.3, 0.4) is 0 Å². The molecule has 20 heavy (non-hydrogen) atoms. The first-order valence-electron chi connectivity index (χ1n) is 6.96. The molecule has 0 aromatic heterocycles. The minimum absolute atomic E-state index is 0.771. The fourth-order valence-electron chi connectivity index (χ4n) is 2.07. The molecular formula is C17H21ClN2. The summed E-state index contributed by atoms with van der Waals surface area (Å²) in [5.74, 6) is 0. The van der Waals surface area contributed by atoms with Gasteiger partial charge < -0.3 is 10.2 Å². The van der Waals surface area contributed by atoms with Crippen LogP contribution in [0.2, 0.25) is 5.02 Å². The van der Waals surface area contributed by atoms with E-state index in [1.807, 2.05) is 24.3 Å². The van der Waals surface area contributed by atoms with Crippen LogP contribution >= 0.6 is 11.6 Å². The van der Waals surface area contributed by atoms with Gasteiger partial charge in [0.2, 0.25) is 0 Å². The summed E-state index contributed by atoms with van der Waals surface area (Å²) in [4.78, 5) is 2.34. The standard InChI is InChI=1S/C17H21ClN2/c1-20(12-10-15-6-3-2-4-7-15)13-11-19-17-9-5-8-16(18)14-17/h2-9,14,19H,10-13H2,1H3. The molecule has 0 radical (unpaired) electrons. The lowest BCUT2D eigenvalue weighted by Gasteiger charge is -2.17. The molecule has 2 aromatic rings. The van der Waals surface area contributed by atoms with Crippen molar-refractivity contribution in [3.63, 3.8) is 0 Å². The second kappa shape index (κ2) is 7.93. The van der Waals surface area contributed by atoms with Gasteiger partial charge in [-0.25, -0.2) is 0 Å². The van der Waals surface area contributed by atoms with Crippen LogP contribution in [0.25, 0.3) is 0 Å². The van der Waals surface area contributed by atoms with Crippen molar-refractivity contribution in [2.45, 2.75) is 6.42 Å². The van der Waals surface area contributed by atoms with Crippen LogP contribution in [0.1, 0.15) is 5.56 Å². The molecule has 0 atom stereocenters. The van der Waals surface area contributed by atoms with E-state index in [1.54, 1.807) is 0 Å². The van der Waals surface area contributed by atoms with Crippen LogP contribution in [0, 0.1) is 0 Å². The third kappa shape index (κ3) is 5.24. The lowest BCUT2D eigenvalue weighted by atomic mass is 10.1. The Bertz CT molecular complexity index is 513. The highest BCUT2D eigenvalue weighted by atomic mass is 35.5. The van der Waals surface area contributed by atoms with Crippen molar-refractivity contribution in [1.29, 1.82) is 0 Å². The van der Waals surface area contributed by atoms with E-state index in [-0.39, 0.29) is 0 Å². The Balaban J connectivity index is 1.66. The van der Waals surface area contributed by atoms with Gasteiger partial charge in [0.15, 0.2) is 0 Å². The molecule has 0 amide bonds. The number of nitrogens with zero attached hydrogens (tertiary/aromatic N) is 1. The molecular weight excluding hydrogens is 268 g/mol. The number of hydrogen-bond acceptors (Lipinski definition) is 2. The van der Waals surface area contributed by atoms with Gasteiger partial charge in [-0.05, 0) is 37.2 Å². The Morgan fingerprint density at radius 3 is 2.55 bits per heavy atom. The van der Waals surface area contributed by atoms with Crippen LogP contribution in [0.4, 0.5) is 5.69 Å². The molecule has 0 heterocycles. The van der Waals surface area contributed by atoms with Gasteiger partial charge in [-0.3, -0.25) is 0 Å². The fraction of sp³-hybridized carbons (Fsp3) is 0.294. The second-order valence-corrected chi connectivity index (χ2v) is 5.41. The van der Waals surface area contributed by atoms with Crippen molar-refractivity contribution in [1.82, 2.24) is 4.90 Å². The Morgan fingerprint density at radius 1 is 1.00 bits per heavy atom. The normalized spacial score (nSPS) is 10.8. The molecule has 0 bridgehead atoms. The van der Waals surface area contributed by atoms with Crippen molar-refractivity contribution in [3.8, 4) is 0 Å². The van der Waals surface area contributed by atoms with Gasteiger partial charge in [0, 0.05) is 30.3 Å². The number of benzene rings is 2. The Morgan fingerprint density at radius 2 is 1.80 bits per heavy atom. The van der Waals surface area contributed by atoms with E-state index >= 15 is 0 Å². The van der Waals surface area contributed by atoms with E-state index in [0.717, 1.165) is 36.8 Å². The molecule has 0 spiro atoms. The summed E-state index contributed by atoms with van der Waals surface area (Å²) in [7, 11) is 2.16. The van der Waals surface area contributed by atoms with Crippen LogP contribution in [-0.4, -0.2) is 31.6 Å². The zero-order chi connectivity index (χ0) is 14.2. The second-order valence-electron chi connectivity index (χ2n) is 4.98. The molecule has 1 N–H and O–H groups in total. The molecule has 0 saturated carbocycles. The van der Waals surface area contributed by atoms with E-state index in [1.165, 1.54) is 5.56 Å². The Kier molecular flexibility index (Phi) is 5.90. The average Bonchev–Trinajstić information content (AvgIpc) is 2.46. The fourth-order valence-corrected chi connectivity index (χ4v) is 2.26. The van der Waals surface area contributed by atoms with E-state index in [9.17, 15) is 0 Å². The molecule has 2 nitrogen and oxygen atoms in total. The molecule has 0 saturated heterocycles. The SMILES string of the molecule is CN(CCNc1cccc(Cl)c1)CCc1ccccc1. The molecule has 0 aliphatic rings. The highest BCUT2D eigenvalue weighted by molar-refractivity contribution is 6.30. The molecule has 3 heteroatoms. The van der Waals surface area contributed by atoms with Crippen molar-refractivity contribution < 1.29 is 0 Å². The van der Waals surface area contributed by atoms with Crippen molar-refractivity contribution >= 4 is 17.3 Å². The maximum atomic E-state index is 5.95. The van der Waals surface area contributed by atoms with E-state index in [0.29, 0.717) is 0 Å². The summed E-state index contributed by atoms with van der Waals surface area (Å²) in [6.45, 7) is 3.01. The predicted octanol–water partition coefficient (Wildman–Crippen LogP) is 3.93. The number of likely N-dealkylation sites (N-methyl/N-ethyl adjacent to an activating group) is 1. The quantitative estimate of drug-likeness (QED) is 0.830. The third-order valence-electron chi connectivity index (χ3n) is 3.27. The highest BCUT2D eigenvalue weighted by Crippen LogP contribution is 2.14. The molecule has 0 fully saturated rings. The largest absolute Gasteiger partial charge is 0.384 e. The molecule has 106 valence electrons. The maximum absolute atomic E-state index is 5.95. The van der Waals surface area contributed by atoms with Gasteiger partial charge in [0.1, 0.15) is 0 Å². The van der Waals surface area contributed by atoms with E-state index in [4.69, 9.17) is 11.6 Å². The summed E-state index contributed by atoms with van der Waals surface area (Å²) >= 11 is 5.95. The summed E-state index contributed by atoms with van der Waals surface area (Å²) < 4.78 is 0. The van der Waals surface area contributed by atoms with Crippen LogP contribution in [0.5, 0.6) is 0 Å². The summed E-state index contributed by atoms with van der Waals surface area (Å²) in [6, 6.07) is 18.4. The summed E-state index contributed by atoms with van der Waals surface area (Å²) in [5.41, 5.74) is 2.47. The summed E-state index contributed by atoms with van der Waals surface area (Å²) in [5, 5.41) is 4.16. The van der Waals surface area contributed by atoms with Gasteiger partial charge in [-0.1, -0.05) is 48.0 Å². The Labute approximate surface area is 126 Å². The summed E-state index contributed by atoms with van der Waals surface area (Å²) in [6.07, 6.45) is 1.09. The predicted molar refractivity (Wildman–Crippen MR) is 87.6 cm³/mol. The molecule has 0 aliphatic carbocycles. The first-order valence-corrected chi connectivity index (χ1v) is 7.34. The van der Waals surface area contributed by atoms with Crippen molar-refractivity contribution in [2.24, 2.45) is 0 Å². The number of rotatable bonds is 7. The average molecular weight is 289 g/mol. The maximum Gasteiger partial charge on any atom is 0.0426 e. The number of halogens is 1. The lowest BCUT2D eigenvalue weighted by molar-refractivity contribution is 0.351. The van der Waals surface area contributed by atoms with E-state index in [2.05, 4.69) is 47.6 Å². The zero-order valence-electron chi connectivity index (χ0n) is 11.8. The van der Waals surface area contributed by atoms with E-state index < -0.39 is 0 Å². The van der Waals surface area contributed by atoms with Gasteiger partial charge in [-0.15, -0.1) is 0 Å². The number of hydrogen-bond donors (Lipinski definition) is 1. The monoisotopic (exact) mass is 288 g/mol. The van der Waals surface area contributed by atoms with Crippen molar-refractivity contribution in [2.75, 3.05) is 32.0 Å². The topological polar surface area (TPSA) is 15.3 Å². The first kappa shape index (κ1) is 14.9. The highest BCUT2D eigenvalue weighted by Gasteiger charge is 1.99. The van der Waals surface area contributed by atoms with Gasteiger partial charge >= 0.3 is 0 Å². The third-order valence-corrected chi connectivity index (χ3v) is 3.51. The van der Waals surface area contributed by atoms with Crippen LogP contribution < -0.4 is 5.32 Å². The number of nitrogens with one attached hydrogen (secondary N) is 1. The first-order chi connectivity index (χ1) is 9.74. The van der Waals surface area contributed by atoms with Crippen molar-refractivity contribution in [3.05, 3.63) is 65.2 Å². The smallest absolute Gasteiger partial charge is 0.0426 e. The van der Waals surface area contributed by atoms with Crippen LogP contribution in [0.15, 0.2) is 54.6 Å². The van der Waals surface area contributed by atoms with Crippen LogP contribution in [-0.2, 0) is 6.42 Å². The number of anilines is 1.